The molecule has 1 aliphatic heterocycles. The van der Waals surface area contributed by atoms with Gasteiger partial charge >= 0.3 is 0 Å². The first-order valence-corrected chi connectivity index (χ1v) is 7.56. The first-order valence-electron chi connectivity index (χ1n) is 7.18. The van der Waals surface area contributed by atoms with Gasteiger partial charge in [0.05, 0.1) is 17.1 Å². The monoisotopic (exact) mass is 306 g/mol. The number of nitrogens with two attached hydrogens (primary N) is 1. The maximum atomic E-state index is 6.14. The lowest BCUT2D eigenvalue weighted by Crippen LogP contribution is -2.29. The molecule has 3 rings (SSSR count). The molecule has 1 fully saturated rings. The molecule has 2 aromatic rings. The van der Waals surface area contributed by atoms with Crippen molar-refractivity contribution in [3.63, 3.8) is 0 Å². The van der Waals surface area contributed by atoms with Crippen LogP contribution in [-0.4, -0.2) is 34.2 Å². The van der Waals surface area contributed by atoms with E-state index in [1.54, 1.807) is 0 Å². The topological polar surface area (TPSA) is 68.2 Å². The van der Waals surface area contributed by atoms with Gasteiger partial charge in [-0.15, -0.1) is 10.2 Å². The van der Waals surface area contributed by atoms with Crippen LogP contribution in [-0.2, 0) is 6.54 Å². The Labute approximate surface area is 129 Å². The molecule has 0 amide bonds. The van der Waals surface area contributed by atoms with E-state index in [4.69, 9.17) is 21.8 Å². The van der Waals surface area contributed by atoms with Crippen LogP contribution in [0.2, 0.25) is 5.02 Å². The Morgan fingerprint density at radius 1 is 1.43 bits per heavy atom. The minimum atomic E-state index is 0.233. The third-order valence-electron chi connectivity index (χ3n) is 3.98. The quantitative estimate of drug-likeness (QED) is 0.940. The highest BCUT2D eigenvalue weighted by molar-refractivity contribution is 6.33. The summed E-state index contributed by atoms with van der Waals surface area (Å²) >= 11 is 6.14. The first-order chi connectivity index (χ1) is 10.1. The predicted octanol–water partition coefficient (Wildman–Crippen LogP) is 2.56. The molecule has 0 aliphatic carbocycles. The smallest absolute Gasteiger partial charge is 0.249 e. The molecule has 2 atom stereocenters. The summed E-state index contributed by atoms with van der Waals surface area (Å²) in [5.41, 5.74) is 6.73. The Balaban J connectivity index is 1.68. The van der Waals surface area contributed by atoms with E-state index >= 15 is 0 Å². The molecule has 0 bridgehead atoms. The van der Waals surface area contributed by atoms with Gasteiger partial charge in [-0.1, -0.05) is 23.7 Å². The molecule has 112 valence electrons. The van der Waals surface area contributed by atoms with E-state index < -0.39 is 0 Å². The van der Waals surface area contributed by atoms with Gasteiger partial charge in [-0.25, -0.2) is 0 Å². The van der Waals surface area contributed by atoms with Crippen LogP contribution < -0.4 is 5.73 Å². The van der Waals surface area contributed by atoms with Crippen molar-refractivity contribution < 1.29 is 4.42 Å². The SMILES string of the molecule is CC(N)C1CCN(Cc2nnc(-c3ccccc3Cl)o2)C1. The van der Waals surface area contributed by atoms with E-state index in [9.17, 15) is 0 Å². The standard InChI is InChI=1S/C15H19ClN4O/c1-10(17)11-6-7-20(8-11)9-14-18-19-15(21-14)12-4-2-3-5-13(12)16/h2-5,10-11H,6-9,17H2,1H3. The summed E-state index contributed by atoms with van der Waals surface area (Å²) in [6.45, 7) is 4.74. The normalized spacial score (nSPS) is 20.8. The third kappa shape index (κ3) is 3.26. The Bertz CT molecular complexity index is 613. The molecule has 5 nitrogen and oxygen atoms in total. The number of rotatable bonds is 4. The molecule has 2 heterocycles. The maximum Gasteiger partial charge on any atom is 0.249 e. The lowest BCUT2D eigenvalue weighted by molar-refractivity contribution is 0.276. The second kappa shape index (κ2) is 6.13. The van der Waals surface area contributed by atoms with Crippen molar-refractivity contribution in [1.82, 2.24) is 15.1 Å². The molecule has 6 heteroatoms. The Hall–Kier alpha value is -1.43. The van der Waals surface area contributed by atoms with Crippen molar-refractivity contribution >= 4 is 11.6 Å². The molecule has 0 radical (unpaired) electrons. The molecule has 2 N–H and O–H groups in total. The lowest BCUT2D eigenvalue weighted by Gasteiger charge is -2.15. The van der Waals surface area contributed by atoms with Gasteiger partial charge in [0.15, 0.2) is 0 Å². The Morgan fingerprint density at radius 2 is 2.24 bits per heavy atom. The molecule has 1 aliphatic rings. The molecule has 2 unspecified atom stereocenters. The molecule has 0 saturated carbocycles. The average Bonchev–Trinajstić information content (AvgIpc) is 3.09. The predicted molar refractivity (Wildman–Crippen MR) is 81.8 cm³/mol. The van der Waals surface area contributed by atoms with Crippen molar-refractivity contribution in [3.05, 3.63) is 35.2 Å². The van der Waals surface area contributed by atoms with Gasteiger partial charge in [0.25, 0.3) is 0 Å². The van der Waals surface area contributed by atoms with Gasteiger partial charge in [0, 0.05) is 12.6 Å². The number of benzene rings is 1. The molecule has 1 aromatic carbocycles. The largest absolute Gasteiger partial charge is 0.419 e. The van der Waals surface area contributed by atoms with Crippen LogP contribution in [0.1, 0.15) is 19.2 Å². The molecule has 21 heavy (non-hydrogen) atoms. The summed E-state index contributed by atoms with van der Waals surface area (Å²) < 4.78 is 5.73. The van der Waals surface area contributed by atoms with Crippen LogP contribution in [0.15, 0.2) is 28.7 Å². The Kier molecular flexibility index (Phi) is 4.24. The zero-order chi connectivity index (χ0) is 14.8. The highest BCUT2D eigenvalue weighted by Crippen LogP contribution is 2.27. The van der Waals surface area contributed by atoms with Crippen LogP contribution in [0, 0.1) is 5.92 Å². The molecular formula is C15H19ClN4O. The van der Waals surface area contributed by atoms with Gasteiger partial charge in [-0.2, -0.15) is 0 Å². The van der Waals surface area contributed by atoms with E-state index in [1.807, 2.05) is 24.3 Å². The van der Waals surface area contributed by atoms with Gasteiger partial charge in [0.2, 0.25) is 11.8 Å². The summed E-state index contributed by atoms with van der Waals surface area (Å²) in [6, 6.07) is 7.70. The van der Waals surface area contributed by atoms with Gasteiger partial charge in [-0.05, 0) is 37.9 Å². The Morgan fingerprint density at radius 3 is 2.95 bits per heavy atom. The summed E-state index contributed by atoms with van der Waals surface area (Å²) in [7, 11) is 0. The summed E-state index contributed by atoms with van der Waals surface area (Å²) in [6.07, 6.45) is 1.13. The first kappa shape index (κ1) is 14.5. The maximum absolute atomic E-state index is 6.14. The molecule has 1 aromatic heterocycles. The van der Waals surface area contributed by atoms with Crippen molar-refractivity contribution in [3.8, 4) is 11.5 Å². The summed E-state index contributed by atoms with van der Waals surface area (Å²) in [5, 5.41) is 8.83. The highest BCUT2D eigenvalue weighted by Gasteiger charge is 2.26. The molecule has 1 saturated heterocycles. The fraction of sp³-hybridized carbons (Fsp3) is 0.467. The van der Waals surface area contributed by atoms with Gasteiger partial charge in [-0.3, -0.25) is 4.90 Å². The van der Waals surface area contributed by atoms with E-state index in [0.29, 0.717) is 29.3 Å². The van der Waals surface area contributed by atoms with Crippen LogP contribution in [0.5, 0.6) is 0 Å². The summed E-state index contributed by atoms with van der Waals surface area (Å²) in [5.74, 6) is 1.64. The molecule has 0 spiro atoms. The van der Waals surface area contributed by atoms with Crippen LogP contribution in [0.25, 0.3) is 11.5 Å². The number of aromatic nitrogens is 2. The minimum Gasteiger partial charge on any atom is -0.419 e. The average molecular weight is 307 g/mol. The zero-order valence-corrected chi connectivity index (χ0v) is 12.8. The van der Waals surface area contributed by atoms with E-state index in [0.717, 1.165) is 25.1 Å². The van der Waals surface area contributed by atoms with Crippen molar-refractivity contribution in [2.75, 3.05) is 13.1 Å². The summed E-state index contributed by atoms with van der Waals surface area (Å²) in [4.78, 5) is 2.30. The number of nitrogens with zero attached hydrogens (tertiary/aromatic N) is 3. The fourth-order valence-electron chi connectivity index (χ4n) is 2.69. The second-order valence-electron chi connectivity index (χ2n) is 5.62. The fourth-order valence-corrected chi connectivity index (χ4v) is 2.90. The zero-order valence-electron chi connectivity index (χ0n) is 12.0. The van der Waals surface area contributed by atoms with Crippen molar-refractivity contribution in [2.24, 2.45) is 11.7 Å². The number of halogens is 1. The minimum absolute atomic E-state index is 0.233. The second-order valence-corrected chi connectivity index (χ2v) is 6.03. The van der Waals surface area contributed by atoms with Gasteiger partial charge in [0.1, 0.15) is 0 Å². The number of hydrogen-bond donors (Lipinski definition) is 1. The van der Waals surface area contributed by atoms with Crippen LogP contribution in [0.3, 0.4) is 0 Å². The highest BCUT2D eigenvalue weighted by atomic mass is 35.5. The third-order valence-corrected chi connectivity index (χ3v) is 4.31. The number of hydrogen-bond acceptors (Lipinski definition) is 5. The van der Waals surface area contributed by atoms with Crippen molar-refractivity contribution in [2.45, 2.75) is 25.9 Å². The van der Waals surface area contributed by atoms with E-state index in [2.05, 4.69) is 22.0 Å². The van der Waals surface area contributed by atoms with Gasteiger partial charge < -0.3 is 10.2 Å². The number of likely N-dealkylation sites (tertiary alicyclic amines) is 1. The van der Waals surface area contributed by atoms with E-state index in [1.165, 1.54) is 0 Å². The van der Waals surface area contributed by atoms with Crippen LogP contribution in [0.4, 0.5) is 0 Å². The van der Waals surface area contributed by atoms with Crippen molar-refractivity contribution in [1.29, 1.82) is 0 Å². The lowest BCUT2D eigenvalue weighted by atomic mass is 10.0. The molecular weight excluding hydrogens is 288 g/mol. The van der Waals surface area contributed by atoms with Crippen LogP contribution >= 0.6 is 11.6 Å². The van der Waals surface area contributed by atoms with E-state index in [-0.39, 0.29) is 6.04 Å².